The van der Waals surface area contributed by atoms with Crippen LogP contribution < -0.4 is 4.74 Å². The molecule has 1 aliphatic heterocycles. The van der Waals surface area contributed by atoms with Gasteiger partial charge < -0.3 is 9.64 Å². The van der Waals surface area contributed by atoms with Crippen LogP contribution in [0, 0.1) is 5.92 Å². The molecular weight excluding hydrogens is 362 g/mol. The Morgan fingerprint density at radius 2 is 2.33 bits per heavy atom. The van der Waals surface area contributed by atoms with Gasteiger partial charge in [-0.2, -0.15) is 0 Å². The first-order valence-electron chi connectivity index (χ1n) is 5.84. The van der Waals surface area contributed by atoms with Crippen molar-refractivity contribution in [1.29, 1.82) is 0 Å². The van der Waals surface area contributed by atoms with E-state index in [1.807, 2.05) is 17.0 Å². The zero-order valence-electron chi connectivity index (χ0n) is 10.2. The summed E-state index contributed by atoms with van der Waals surface area (Å²) in [6, 6.07) is 5.48. The first-order chi connectivity index (χ1) is 8.65. The third-order valence-electron chi connectivity index (χ3n) is 3.20. The fourth-order valence-electron chi connectivity index (χ4n) is 2.11. The first-order valence-corrected chi connectivity index (χ1v) is 7.76. The molecule has 1 atom stereocenters. The van der Waals surface area contributed by atoms with Crippen LogP contribution in [0.25, 0.3) is 0 Å². The van der Waals surface area contributed by atoms with E-state index in [9.17, 15) is 4.79 Å². The average molecular weight is 377 g/mol. The quantitative estimate of drug-likeness (QED) is 0.757. The minimum Gasteiger partial charge on any atom is -0.497 e. The van der Waals surface area contributed by atoms with E-state index in [2.05, 4.69) is 31.9 Å². The summed E-state index contributed by atoms with van der Waals surface area (Å²) in [5.74, 6) is 1.35. The fraction of sp³-hybridized carbons (Fsp3) is 0.462. The molecule has 0 radical (unpaired) electrons. The van der Waals surface area contributed by atoms with Gasteiger partial charge in [0.25, 0.3) is 5.91 Å². The van der Waals surface area contributed by atoms with Crippen molar-refractivity contribution in [1.82, 2.24) is 4.90 Å². The Morgan fingerprint density at radius 3 is 2.94 bits per heavy atom. The lowest BCUT2D eigenvalue weighted by atomic mass is 10.1. The first kappa shape index (κ1) is 13.9. The zero-order chi connectivity index (χ0) is 13.1. The number of carbonyl (C=O) groups is 1. The highest BCUT2D eigenvalue weighted by Gasteiger charge is 2.27. The Kier molecular flexibility index (Phi) is 4.67. The van der Waals surface area contributed by atoms with Crippen LogP contribution in [0.2, 0.25) is 0 Å². The van der Waals surface area contributed by atoms with Gasteiger partial charge in [-0.15, -0.1) is 0 Å². The van der Waals surface area contributed by atoms with Gasteiger partial charge in [0.2, 0.25) is 0 Å². The van der Waals surface area contributed by atoms with E-state index in [0.717, 1.165) is 29.3 Å². The summed E-state index contributed by atoms with van der Waals surface area (Å²) in [7, 11) is 1.61. The molecule has 1 unspecified atom stereocenters. The normalized spacial score (nSPS) is 19.1. The lowest BCUT2D eigenvalue weighted by Crippen LogP contribution is -2.29. The van der Waals surface area contributed by atoms with Gasteiger partial charge in [0.05, 0.1) is 12.7 Å². The summed E-state index contributed by atoms with van der Waals surface area (Å²) in [6.07, 6.45) is 1.07. The summed E-state index contributed by atoms with van der Waals surface area (Å²) in [5.41, 5.74) is 0.671. The molecule has 0 aliphatic carbocycles. The van der Waals surface area contributed by atoms with Crippen LogP contribution in [-0.2, 0) is 0 Å². The summed E-state index contributed by atoms with van der Waals surface area (Å²) in [6.45, 7) is 1.66. The Balaban J connectivity index is 2.18. The molecule has 0 aromatic heterocycles. The van der Waals surface area contributed by atoms with Crippen LogP contribution in [0.3, 0.4) is 0 Å². The molecule has 2 rings (SSSR count). The Bertz CT molecular complexity index is 451. The molecule has 0 saturated carbocycles. The number of carbonyl (C=O) groups excluding carboxylic acids is 1. The van der Waals surface area contributed by atoms with Gasteiger partial charge >= 0.3 is 0 Å². The van der Waals surface area contributed by atoms with Crippen molar-refractivity contribution in [3.63, 3.8) is 0 Å². The number of alkyl halides is 1. The minimum absolute atomic E-state index is 0.0734. The van der Waals surface area contributed by atoms with Crippen LogP contribution in [0.15, 0.2) is 22.7 Å². The molecule has 1 fully saturated rings. The SMILES string of the molecule is COc1ccc(Br)c(C(=O)N2CCC(CBr)C2)c1. The molecule has 1 heterocycles. The summed E-state index contributed by atoms with van der Waals surface area (Å²) >= 11 is 6.91. The number of methoxy groups -OCH3 is 1. The number of hydrogen-bond acceptors (Lipinski definition) is 2. The number of ether oxygens (including phenoxy) is 1. The third-order valence-corrected chi connectivity index (χ3v) is 4.80. The smallest absolute Gasteiger partial charge is 0.255 e. The van der Waals surface area contributed by atoms with Crippen molar-refractivity contribution in [2.45, 2.75) is 6.42 Å². The van der Waals surface area contributed by atoms with Gasteiger partial charge in [-0.3, -0.25) is 4.79 Å². The van der Waals surface area contributed by atoms with Gasteiger partial charge in [0.1, 0.15) is 5.75 Å². The Morgan fingerprint density at radius 1 is 1.56 bits per heavy atom. The molecule has 5 heteroatoms. The maximum Gasteiger partial charge on any atom is 0.255 e. The van der Waals surface area contributed by atoms with E-state index in [1.54, 1.807) is 13.2 Å². The highest BCUT2D eigenvalue weighted by Crippen LogP contribution is 2.26. The number of likely N-dealkylation sites (tertiary alicyclic amines) is 1. The average Bonchev–Trinajstić information content (AvgIpc) is 2.87. The maximum atomic E-state index is 12.4. The lowest BCUT2D eigenvalue weighted by Gasteiger charge is -2.17. The molecule has 0 N–H and O–H groups in total. The van der Waals surface area contributed by atoms with Crippen molar-refractivity contribution in [2.24, 2.45) is 5.92 Å². The van der Waals surface area contributed by atoms with E-state index in [1.165, 1.54) is 0 Å². The Labute approximate surface area is 124 Å². The second kappa shape index (κ2) is 6.06. The molecule has 1 amide bonds. The number of amides is 1. The summed E-state index contributed by atoms with van der Waals surface area (Å²) in [4.78, 5) is 14.3. The molecular formula is C13H15Br2NO2. The van der Waals surface area contributed by atoms with Gasteiger partial charge in [0, 0.05) is 22.9 Å². The van der Waals surface area contributed by atoms with Crippen LogP contribution in [0.1, 0.15) is 16.8 Å². The van der Waals surface area contributed by atoms with E-state index in [0.29, 0.717) is 17.2 Å². The van der Waals surface area contributed by atoms with Gasteiger partial charge in [-0.25, -0.2) is 0 Å². The molecule has 98 valence electrons. The number of nitrogens with zero attached hydrogens (tertiary/aromatic N) is 1. The van der Waals surface area contributed by atoms with E-state index < -0.39 is 0 Å². The Hall–Kier alpha value is -0.550. The monoisotopic (exact) mass is 375 g/mol. The lowest BCUT2D eigenvalue weighted by molar-refractivity contribution is 0.0787. The number of rotatable bonds is 3. The van der Waals surface area contributed by atoms with E-state index in [-0.39, 0.29) is 5.91 Å². The van der Waals surface area contributed by atoms with Crippen molar-refractivity contribution < 1.29 is 9.53 Å². The minimum atomic E-state index is 0.0734. The third kappa shape index (κ3) is 2.88. The molecule has 1 aromatic rings. The van der Waals surface area contributed by atoms with Crippen molar-refractivity contribution >= 4 is 37.8 Å². The molecule has 3 nitrogen and oxygen atoms in total. The number of benzene rings is 1. The van der Waals surface area contributed by atoms with Crippen LogP contribution >= 0.6 is 31.9 Å². The molecule has 0 bridgehead atoms. The van der Waals surface area contributed by atoms with Gasteiger partial charge in [-0.1, -0.05) is 15.9 Å². The highest BCUT2D eigenvalue weighted by molar-refractivity contribution is 9.10. The summed E-state index contributed by atoms with van der Waals surface area (Å²) in [5, 5.41) is 0.954. The molecule has 1 aromatic carbocycles. The highest BCUT2D eigenvalue weighted by atomic mass is 79.9. The van der Waals surface area contributed by atoms with Crippen LogP contribution in [0.4, 0.5) is 0 Å². The molecule has 1 saturated heterocycles. The standard InChI is InChI=1S/C13H15Br2NO2/c1-18-10-2-3-12(15)11(6-10)13(17)16-5-4-9(7-14)8-16/h2-3,6,9H,4-5,7-8H2,1H3. The molecule has 0 spiro atoms. The van der Waals surface area contributed by atoms with Gasteiger partial charge in [-0.05, 0) is 46.5 Å². The van der Waals surface area contributed by atoms with Crippen molar-refractivity contribution in [3.05, 3.63) is 28.2 Å². The predicted molar refractivity (Wildman–Crippen MR) is 78.5 cm³/mol. The van der Waals surface area contributed by atoms with Crippen molar-refractivity contribution in [3.8, 4) is 5.75 Å². The zero-order valence-corrected chi connectivity index (χ0v) is 13.3. The van der Waals surface area contributed by atoms with Crippen LogP contribution in [0.5, 0.6) is 5.75 Å². The number of hydrogen-bond donors (Lipinski definition) is 0. The second-order valence-corrected chi connectivity index (χ2v) is 5.91. The fourth-order valence-corrected chi connectivity index (χ4v) is 3.05. The predicted octanol–water partition coefficient (Wildman–Crippen LogP) is 3.31. The molecule has 1 aliphatic rings. The molecule has 18 heavy (non-hydrogen) atoms. The van der Waals surface area contributed by atoms with Crippen molar-refractivity contribution in [2.75, 3.05) is 25.5 Å². The van der Waals surface area contributed by atoms with E-state index in [4.69, 9.17) is 4.74 Å². The van der Waals surface area contributed by atoms with Crippen LogP contribution in [-0.4, -0.2) is 36.3 Å². The maximum absolute atomic E-state index is 12.4. The van der Waals surface area contributed by atoms with Gasteiger partial charge in [0.15, 0.2) is 0 Å². The summed E-state index contributed by atoms with van der Waals surface area (Å²) < 4.78 is 5.98. The topological polar surface area (TPSA) is 29.5 Å². The second-order valence-electron chi connectivity index (χ2n) is 4.41. The van der Waals surface area contributed by atoms with E-state index >= 15 is 0 Å². The largest absolute Gasteiger partial charge is 0.497 e. The number of halogens is 2.